The van der Waals surface area contributed by atoms with Crippen molar-refractivity contribution in [3.05, 3.63) is 65.2 Å². The van der Waals surface area contributed by atoms with Crippen LogP contribution in [-0.2, 0) is 18.9 Å². The van der Waals surface area contributed by atoms with Crippen LogP contribution in [0.5, 0.6) is 0 Å². The van der Waals surface area contributed by atoms with E-state index >= 15 is 0 Å². The second kappa shape index (κ2) is 9.88. The fourth-order valence-corrected chi connectivity index (χ4v) is 4.73. The average molecular weight is 500 g/mol. The molecule has 0 aliphatic heterocycles. The van der Waals surface area contributed by atoms with Gasteiger partial charge < -0.3 is 9.84 Å². The molecule has 1 aromatic carbocycles. The van der Waals surface area contributed by atoms with E-state index in [0.29, 0.717) is 18.3 Å². The molecule has 0 unspecified atom stereocenters. The molecule has 0 saturated heterocycles. The molecule has 0 saturated carbocycles. The van der Waals surface area contributed by atoms with Crippen LogP contribution in [0.2, 0.25) is 0 Å². The van der Waals surface area contributed by atoms with Gasteiger partial charge in [0, 0.05) is 30.6 Å². The van der Waals surface area contributed by atoms with Gasteiger partial charge in [-0.2, -0.15) is 10.1 Å². The van der Waals surface area contributed by atoms with Crippen LogP contribution in [0.1, 0.15) is 85.7 Å². The van der Waals surface area contributed by atoms with Crippen molar-refractivity contribution in [2.45, 2.75) is 71.1 Å². The van der Waals surface area contributed by atoms with E-state index in [0.717, 1.165) is 48.3 Å². The summed E-state index contributed by atoms with van der Waals surface area (Å²) in [5, 5.41) is 11.5. The summed E-state index contributed by atoms with van der Waals surface area (Å²) >= 11 is 0. The van der Waals surface area contributed by atoms with Crippen molar-refractivity contribution < 1.29 is 9.32 Å². The lowest BCUT2D eigenvalue weighted by atomic mass is 9.87. The zero-order chi connectivity index (χ0) is 26.2. The molecule has 0 radical (unpaired) electrons. The second-order valence-electron chi connectivity index (χ2n) is 10.8. The predicted molar refractivity (Wildman–Crippen MR) is 141 cm³/mol. The van der Waals surface area contributed by atoms with Crippen molar-refractivity contribution in [3.63, 3.8) is 0 Å². The van der Waals surface area contributed by atoms with Gasteiger partial charge in [-0.05, 0) is 55.4 Å². The topological polar surface area (TPSA) is 112 Å². The van der Waals surface area contributed by atoms with E-state index in [1.54, 1.807) is 12.4 Å². The number of nitrogens with one attached hydrogen (secondary N) is 1. The molecule has 0 amide bonds. The first-order chi connectivity index (χ1) is 17.7. The highest BCUT2D eigenvalue weighted by Gasteiger charge is 2.27. The number of hydrogen-bond donors (Lipinski definition) is 1. The molecule has 0 spiro atoms. The normalized spacial score (nSPS) is 15.8. The SMILES string of the molecule is Cc1c(Nc2nccc(-c3ccc4c(c3)CCCC[C@H]4CC(=O)c3noc(C(C)(C)C)n3)n2)cnn1C. The molecule has 1 N–H and O–H groups in total. The molecule has 0 fully saturated rings. The summed E-state index contributed by atoms with van der Waals surface area (Å²) < 4.78 is 7.16. The Bertz CT molecular complexity index is 1430. The summed E-state index contributed by atoms with van der Waals surface area (Å²) in [5.41, 5.74) is 5.98. The predicted octanol–water partition coefficient (Wildman–Crippen LogP) is 5.69. The van der Waals surface area contributed by atoms with Crippen LogP contribution in [0.3, 0.4) is 0 Å². The van der Waals surface area contributed by atoms with Gasteiger partial charge in [-0.1, -0.05) is 44.5 Å². The van der Waals surface area contributed by atoms with E-state index in [-0.39, 0.29) is 22.9 Å². The first-order valence-electron chi connectivity index (χ1n) is 12.8. The van der Waals surface area contributed by atoms with Crippen LogP contribution < -0.4 is 5.32 Å². The molecule has 9 heteroatoms. The lowest BCUT2D eigenvalue weighted by Crippen LogP contribution is -2.13. The maximum Gasteiger partial charge on any atom is 0.238 e. The molecule has 1 atom stereocenters. The van der Waals surface area contributed by atoms with Crippen molar-refractivity contribution in [1.82, 2.24) is 29.9 Å². The number of aromatic nitrogens is 6. The van der Waals surface area contributed by atoms with E-state index in [9.17, 15) is 4.79 Å². The van der Waals surface area contributed by atoms with Gasteiger partial charge in [-0.15, -0.1) is 0 Å². The number of ketones is 1. The average Bonchev–Trinajstić information content (AvgIpc) is 3.44. The van der Waals surface area contributed by atoms with Crippen LogP contribution in [0, 0.1) is 6.92 Å². The fourth-order valence-electron chi connectivity index (χ4n) is 4.73. The van der Waals surface area contributed by atoms with Gasteiger partial charge in [-0.25, -0.2) is 9.97 Å². The van der Waals surface area contributed by atoms with Crippen molar-refractivity contribution >= 4 is 17.4 Å². The van der Waals surface area contributed by atoms with E-state index in [2.05, 4.69) is 43.7 Å². The van der Waals surface area contributed by atoms with Crippen LogP contribution in [0.15, 0.2) is 41.2 Å². The third kappa shape index (κ3) is 5.30. The molecule has 5 rings (SSSR count). The van der Waals surface area contributed by atoms with E-state index < -0.39 is 0 Å². The number of benzene rings is 1. The highest BCUT2D eigenvalue weighted by atomic mass is 16.5. The Labute approximate surface area is 216 Å². The standard InChI is InChI=1S/C28H33N7O2/c1-17-23(16-30-35(17)5)32-27-29-13-12-22(31-27)20-10-11-21-18(14-20)8-6-7-9-19(21)15-24(36)25-33-26(37-34-25)28(2,3)4/h10-14,16,19H,6-9,15H2,1-5H3,(H,29,31,32)/t19-/m0/s1. The summed E-state index contributed by atoms with van der Waals surface area (Å²) in [5.74, 6) is 1.25. The zero-order valence-corrected chi connectivity index (χ0v) is 22.1. The minimum absolute atomic E-state index is 0.0709. The van der Waals surface area contributed by atoms with E-state index in [1.165, 1.54) is 11.1 Å². The number of fused-ring (bicyclic) bond motifs is 1. The zero-order valence-electron chi connectivity index (χ0n) is 22.1. The molecule has 9 nitrogen and oxygen atoms in total. The number of Topliss-reactive ketones (excluding diaryl/α,β-unsaturated/α-hetero) is 1. The molecule has 192 valence electrons. The Kier molecular flexibility index (Phi) is 6.62. The lowest BCUT2D eigenvalue weighted by Gasteiger charge is -2.17. The maximum atomic E-state index is 13.1. The van der Waals surface area contributed by atoms with Crippen molar-refractivity contribution in [3.8, 4) is 11.3 Å². The lowest BCUT2D eigenvalue weighted by molar-refractivity contribution is 0.0959. The molecule has 4 aromatic rings. The third-order valence-corrected chi connectivity index (χ3v) is 7.01. The molecule has 3 heterocycles. The second-order valence-corrected chi connectivity index (χ2v) is 10.8. The van der Waals surface area contributed by atoms with E-state index in [4.69, 9.17) is 9.51 Å². The molecular weight excluding hydrogens is 466 g/mol. The molecule has 0 bridgehead atoms. The van der Waals surface area contributed by atoms with Crippen molar-refractivity contribution in [1.29, 1.82) is 0 Å². The highest BCUT2D eigenvalue weighted by molar-refractivity contribution is 5.93. The molecule has 37 heavy (non-hydrogen) atoms. The Morgan fingerprint density at radius 1 is 1.19 bits per heavy atom. The van der Waals surface area contributed by atoms with Crippen LogP contribution in [0.25, 0.3) is 11.3 Å². The number of nitrogens with zero attached hydrogens (tertiary/aromatic N) is 6. The number of rotatable bonds is 6. The van der Waals surface area contributed by atoms with Crippen LogP contribution in [0.4, 0.5) is 11.6 Å². The maximum absolute atomic E-state index is 13.1. The molecular formula is C28H33N7O2. The summed E-state index contributed by atoms with van der Waals surface area (Å²) in [6, 6.07) is 8.38. The Morgan fingerprint density at radius 2 is 2.03 bits per heavy atom. The Hall–Kier alpha value is -3.88. The van der Waals surface area contributed by atoms with Gasteiger partial charge in [0.25, 0.3) is 0 Å². The first-order valence-corrected chi connectivity index (χ1v) is 12.8. The van der Waals surface area contributed by atoms with Crippen LogP contribution in [-0.4, -0.2) is 35.7 Å². The van der Waals surface area contributed by atoms with E-state index in [1.807, 2.05) is 45.5 Å². The van der Waals surface area contributed by atoms with Gasteiger partial charge >= 0.3 is 0 Å². The summed E-state index contributed by atoms with van der Waals surface area (Å²) in [6.45, 7) is 7.97. The van der Waals surface area contributed by atoms with Crippen LogP contribution >= 0.6 is 0 Å². The Balaban J connectivity index is 1.37. The number of aryl methyl sites for hydroxylation is 2. The number of hydrogen-bond acceptors (Lipinski definition) is 8. The molecule has 1 aliphatic carbocycles. The monoisotopic (exact) mass is 499 g/mol. The largest absolute Gasteiger partial charge is 0.338 e. The number of carbonyl (C=O) groups is 1. The summed E-state index contributed by atoms with van der Waals surface area (Å²) in [4.78, 5) is 26.6. The third-order valence-electron chi connectivity index (χ3n) is 7.01. The smallest absolute Gasteiger partial charge is 0.238 e. The highest BCUT2D eigenvalue weighted by Crippen LogP contribution is 2.36. The minimum atomic E-state index is -0.288. The quantitative estimate of drug-likeness (QED) is 0.266. The fraction of sp³-hybridized carbons (Fsp3) is 0.429. The summed E-state index contributed by atoms with van der Waals surface area (Å²) in [6.07, 6.45) is 8.03. The number of anilines is 2. The first kappa shape index (κ1) is 24.8. The van der Waals surface area contributed by atoms with Crippen molar-refractivity contribution in [2.75, 3.05) is 5.32 Å². The molecule has 3 aromatic heterocycles. The van der Waals surface area contributed by atoms with Gasteiger partial charge in [0.2, 0.25) is 23.4 Å². The summed E-state index contributed by atoms with van der Waals surface area (Å²) in [7, 11) is 1.90. The van der Waals surface area contributed by atoms with Gasteiger partial charge in [0.15, 0.2) is 0 Å². The number of carbonyl (C=O) groups excluding carboxylic acids is 1. The van der Waals surface area contributed by atoms with Crippen molar-refractivity contribution in [2.24, 2.45) is 7.05 Å². The van der Waals surface area contributed by atoms with Gasteiger partial charge in [0.1, 0.15) is 0 Å². The Morgan fingerprint density at radius 3 is 2.76 bits per heavy atom. The van der Waals surface area contributed by atoms with Gasteiger partial charge in [-0.3, -0.25) is 9.48 Å². The minimum Gasteiger partial charge on any atom is -0.338 e. The van der Waals surface area contributed by atoms with Gasteiger partial charge in [0.05, 0.1) is 23.3 Å². The molecule has 1 aliphatic rings.